The summed E-state index contributed by atoms with van der Waals surface area (Å²) >= 11 is 0. The van der Waals surface area contributed by atoms with Crippen LogP contribution in [0.2, 0.25) is 0 Å². The van der Waals surface area contributed by atoms with Crippen molar-refractivity contribution in [1.82, 2.24) is 4.90 Å². The van der Waals surface area contributed by atoms with E-state index in [1.165, 1.54) is 0 Å². The molecule has 2 unspecified atom stereocenters. The molecule has 0 radical (unpaired) electrons. The fourth-order valence-electron chi connectivity index (χ4n) is 1.85. The molecule has 0 bridgehead atoms. The van der Waals surface area contributed by atoms with Gasteiger partial charge in [-0.15, -0.1) is 0 Å². The topological polar surface area (TPSA) is 57.0 Å². The molecular formula is C12H26N2O3. The summed E-state index contributed by atoms with van der Waals surface area (Å²) in [6, 6.07) is 0.0976. The van der Waals surface area contributed by atoms with Crippen molar-refractivity contribution in [2.75, 3.05) is 53.2 Å². The lowest BCUT2D eigenvalue weighted by atomic mass is 10.1. The van der Waals surface area contributed by atoms with Crippen LogP contribution in [0.3, 0.4) is 0 Å². The summed E-state index contributed by atoms with van der Waals surface area (Å²) in [7, 11) is 1.71. The Morgan fingerprint density at radius 1 is 1.41 bits per heavy atom. The number of rotatable bonds is 8. The van der Waals surface area contributed by atoms with Crippen molar-refractivity contribution in [3.05, 3.63) is 0 Å². The number of hydrogen-bond donors (Lipinski definition) is 1. The minimum Gasteiger partial charge on any atom is -0.385 e. The molecule has 1 aliphatic heterocycles. The quantitative estimate of drug-likeness (QED) is 0.615. The van der Waals surface area contributed by atoms with Crippen LogP contribution in [-0.4, -0.2) is 70.2 Å². The van der Waals surface area contributed by atoms with Gasteiger partial charge >= 0.3 is 0 Å². The van der Waals surface area contributed by atoms with Crippen LogP contribution < -0.4 is 5.73 Å². The molecule has 5 heteroatoms. The summed E-state index contributed by atoms with van der Waals surface area (Å²) in [4.78, 5) is 2.36. The van der Waals surface area contributed by atoms with Gasteiger partial charge in [-0.05, 0) is 13.3 Å². The van der Waals surface area contributed by atoms with E-state index in [1.807, 2.05) is 6.92 Å². The SMILES string of the molecule is COCCCOCCN1CCOC(C(C)N)C1. The standard InChI is InChI=1S/C12H26N2O3/c1-11(13)12-10-14(5-9-17-12)4-8-16-7-3-6-15-2/h11-12H,3-10,13H2,1-2H3. The van der Waals surface area contributed by atoms with E-state index in [0.29, 0.717) is 0 Å². The first kappa shape index (κ1) is 14.9. The molecule has 1 fully saturated rings. The van der Waals surface area contributed by atoms with E-state index in [4.69, 9.17) is 19.9 Å². The minimum atomic E-state index is 0.0976. The van der Waals surface area contributed by atoms with Gasteiger partial charge in [0.2, 0.25) is 0 Å². The highest BCUT2D eigenvalue weighted by Crippen LogP contribution is 2.07. The monoisotopic (exact) mass is 246 g/mol. The molecular weight excluding hydrogens is 220 g/mol. The lowest BCUT2D eigenvalue weighted by Crippen LogP contribution is -2.50. The van der Waals surface area contributed by atoms with Gasteiger partial charge in [-0.1, -0.05) is 0 Å². The van der Waals surface area contributed by atoms with Crippen LogP contribution in [0.5, 0.6) is 0 Å². The predicted octanol–water partition coefficient (Wildman–Crippen LogP) is 0.0875. The van der Waals surface area contributed by atoms with Gasteiger partial charge < -0.3 is 19.9 Å². The first-order chi connectivity index (χ1) is 8.24. The first-order valence-corrected chi connectivity index (χ1v) is 6.40. The third kappa shape index (κ3) is 6.33. The molecule has 2 N–H and O–H groups in total. The Morgan fingerprint density at radius 3 is 2.94 bits per heavy atom. The predicted molar refractivity (Wildman–Crippen MR) is 67.1 cm³/mol. The zero-order valence-corrected chi connectivity index (χ0v) is 11.1. The summed E-state index contributed by atoms with van der Waals surface area (Å²) in [5.41, 5.74) is 5.84. The van der Waals surface area contributed by atoms with Crippen LogP contribution in [0.4, 0.5) is 0 Å². The lowest BCUT2D eigenvalue weighted by molar-refractivity contribution is -0.0448. The van der Waals surface area contributed by atoms with Crippen molar-refractivity contribution >= 4 is 0 Å². The molecule has 1 saturated heterocycles. The van der Waals surface area contributed by atoms with Crippen LogP contribution in [0, 0.1) is 0 Å². The van der Waals surface area contributed by atoms with Crippen LogP contribution in [0.15, 0.2) is 0 Å². The van der Waals surface area contributed by atoms with Gasteiger partial charge in [0.05, 0.1) is 19.3 Å². The largest absolute Gasteiger partial charge is 0.385 e. The van der Waals surface area contributed by atoms with E-state index in [-0.39, 0.29) is 12.1 Å². The number of ether oxygens (including phenoxy) is 3. The third-order valence-corrected chi connectivity index (χ3v) is 2.95. The molecule has 5 nitrogen and oxygen atoms in total. The number of nitrogens with zero attached hydrogens (tertiary/aromatic N) is 1. The van der Waals surface area contributed by atoms with Crippen LogP contribution >= 0.6 is 0 Å². The lowest BCUT2D eigenvalue weighted by Gasteiger charge is -2.34. The second-order valence-electron chi connectivity index (χ2n) is 4.53. The highest BCUT2D eigenvalue weighted by atomic mass is 16.5. The van der Waals surface area contributed by atoms with Gasteiger partial charge in [-0.3, -0.25) is 4.90 Å². The summed E-state index contributed by atoms with van der Waals surface area (Å²) in [5, 5.41) is 0. The van der Waals surface area contributed by atoms with E-state index in [0.717, 1.165) is 52.5 Å². The molecule has 1 rings (SSSR count). The van der Waals surface area contributed by atoms with E-state index in [9.17, 15) is 0 Å². The van der Waals surface area contributed by atoms with Gasteiger partial charge in [0, 0.05) is 46.0 Å². The molecule has 0 amide bonds. The second kappa shape index (κ2) is 8.83. The Hall–Kier alpha value is -0.200. The maximum absolute atomic E-state index is 5.84. The molecule has 0 aromatic heterocycles. The molecule has 17 heavy (non-hydrogen) atoms. The van der Waals surface area contributed by atoms with Gasteiger partial charge in [-0.2, -0.15) is 0 Å². The summed E-state index contributed by atoms with van der Waals surface area (Å²) in [6.07, 6.45) is 1.12. The number of nitrogens with two attached hydrogens (primary N) is 1. The molecule has 1 heterocycles. The van der Waals surface area contributed by atoms with Crippen LogP contribution in [-0.2, 0) is 14.2 Å². The first-order valence-electron chi connectivity index (χ1n) is 6.40. The molecule has 1 aliphatic rings. The van der Waals surface area contributed by atoms with Crippen molar-refractivity contribution in [3.8, 4) is 0 Å². The average Bonchev–Trinajstić information content (AvgIpc) is 2.34. The Kier molecular flexibility index (Phi) is 7.72. The fraction of sp³-hybridized carbons (Fsp3) is 1.00. The normalized spacial score (nSPS) is 23.8. The Morgan fingerprint density at radius 2 is 2.24 bits per heavy atom. The molecule has 2 atom stereocenters. The van der Waals surface area contributed by atoms with E-state index in [2.05, 4.69) is 4.90 Å². The summed E-state index contributed by atoms with van der Waals surface area (Å²) < 4.78 is 16.1. The second-order valence-corrected chi connectivity index (χ2v) is 4.53. The van der Waals surface area contributed by atoms with Gasteiger partial charge in [0.1, 0.15) is 0 Å². The molecule has 102 valence electrons. The molecule has 0 aromatic carbocycles. The minimum absolute atomic E-state index is 0.0976. The Labute approximate surface area is 104 Å². The van der Waals surface area contributed by atoms with Gasteiger partial charge in [-0.25, -0.2) is 0 Å². The molecule has 0 spiro atoms. The number of morpholine rings is 1. The molecule has 0 saturated carbocycles. The zero-order valence-electron chi connectivity index (χ0n) is 11.1. The summed E-state index contributed by atoms with van der Waals surface area (Å²) in [5.74, 6) is 0. The van der Waals surface area contributed by atoms with Crippen molar-refractivity contribution in [2.24, 2.45) is 5.73 Å². The third-order valence-electron chi connectivity index (χ3n) is 2.95. The Balaban J connectivity index is 2.02. The highest BCUT2D eigenvalue weighted by Gasteiger charge is 2.22. The maximum Gasteiger partial charge on any atom is 0.0850 e. The van der Waals surface area contributed by atoms with Crippen LogP contribution in [0.1, 0.15) is 13.3 Å². The highest BCUT2D eigenvalue weighted by molar-refractivity contribution is 4.77. The van der Waals surface area contributed by atoms with Crippen molar-refractivity contribution in [3.63, 3.8) is 0 Å². The molecule has 0 aliphatic carbocycles. The average molecular weight is 246 g/mol. The van der Waals surface area contributed by atoms with Gasteiger partial charge in [0.15, 0.2) is 0 Å². The van der Waals surface area contributed by atoms with E-state index in [1.54, 1.807) is 7.11 Å². The number of hydrogen-bond acceptors (Lipinski definition) is 5. The number of methoxy groups -OCH3 is 1. The fourth-order valence-corrected chi connectivity index (χ4v) is 1.85. The van der Waals surface area contributed by atoms with E-state index < -0.39 is 0 Å². The van der Waals surface area contributed by atoms with Crippen molar-refractivity contribution < 1.29 is 14.2 Å². The van der Waals surface area contributed by atoms with Crippen molar-refractivity contribution in [2.45, 2.75) is 25.5 Å². The van der Waals surface area contributed by atoms with E-state index >= 15 is 0 Å². The molecule has 0 aromatic rings. The van der Waals surface area contributed by atoms with Crippen molar-refractivity contribution in [1.29, 1.82) is 0 Å². The Bertz CT molecular complexity index is 191. The van der Waals surface area contributed by atoms with Crippen LogP contribution in [0.25, 0.3) is 0 Å². The van der Waals surface area contributed by atoms with Gasteiger partial charge in [0.25, 0.3) is 0 Å². The maximum atomic E-state index is 5.84. The zero-order chi connectivity index (χ0) is 12.5. The summed E-state index contributed by atoms with van der Waals surface area (Å²) in [6.45, 7) is 7.93. The smallest absolute Gasteiger partial charge is 0.0850 e.